The Hall–Kier alpha value is -3.56. The van der Waals surface area contributed by atoms with Crippen LogP contribution in [0.1, 0.15) is 78.3 Å². The van der Waals surface area contributed by atoms with Gasteiger partial charge in [-0.25, -0.2) is 9.07 Å². The van der Waals surface area contributed by atoms with E-state index in [1.807, 2.05) is 31.2 Å². The quantitative estimate of drug-likeness (QED) is 0.308. The maximum Gasteiger partial charge on any atom is 0.315 e. The molecule has 0 saturated carbocycles. The molecular weight excluding hydrogens is 477 g/mol. The SMILES string of the molecule is CCC(O)CC(O)C(C(=O)O)c1c(C(C)C)c(C(=O)NCc2ccc(C)cc2)nn1-c1ccc(F)cc1. The van der Waals surface area contributed by atoms with Crippen LogP contribution in [0.2, 0.25) is 0 Å². The Balaban J connectivity index is 2.14. The van der Waals surface area contributed by atoms with Crippen LogP contribution in [0.25, 0.3) is 5.69 Å². The largest absolute Gasteiger partial charge is 0.481 e. The van der Waals surface area contributed by atoms with Crippen molar-refractivity contribution in [3.63, 3.8) is 0 Å². The number of halogens is 1. The third-order valence-electron chi connectivity index (χ3n) is 6.33. The number of carbonyl (C=O) groups is 2. The van der Waals surface area contributed by atoms with Crippen LogP contribution in [-0.2, 0) is 11.3 Å². The Kier molecular flexibility index (Phi) is 9.18. The van der Waals surface area contributed by atoms with E-state index in [2.05, 4.69) is 10.4 Å². The minimum Gasteiger partial charge on any atom is -0.481 e. The highest BCUT2D eigenvalue weighted by atomic mass is 19.1. The van der Waals surface area contributed by atoms with E-state index < -0.39 is 35.8 Å². The Morgan fingerprint density at radius 3 is 2.22 bits per heavy atom. The molecule has 3 rings (SSSR count). The second-order valence-electron chi connectivity index (χ2n) is 9.54. The van der Waals surface area contributed by atoms with Gasteiger partial charge in [0.1, 0.15) is 11.7 Å². The van der Waals surface area contributed by atoms with Crippen molar-refractivity contribution < 1.29 is 29.3 Å². The number of rotatable bonds is 11. The van der Waals surface area contributed by atoms with Gasteiger partial charge in [-0.05, 0) is 49.1 Å². The molecule has 0 aliphatic heterocycles. The van der Waals surface area contributed by atoms with Gasteiger partial charge in [0.05, 0.1) is 23.6 Å². The molecule has 3 aromatic rings. The second-order valence-corrected chi connectivity index (χ2v) is 9.54. The van der Waals surface area contributed by atoms with Crippen LogP contribution >= 0.6 is 0 Å². The molecule has 9 heteroatoms. The zero-order valence-corrected chi connectivity index (χ0v) is 21.5. The molecule has 0 fully saturated rings. The van der Waals surface area contributed by atoms with Gasteiger partial charge >= 0.3 is 5.97 Å². The monoisotopic (exact) mass is 511 g/mol. The number of amides is 1. The molecule has 1 aromatic heterocycles. The van der Waals surface area contributed by atoms with Crippen molar-refractivity contribution >= 4 is 11.9 Å². The van der Waals surface area contributed by atoms with Crippen LogP contribution in [-0.4, -0.2) is 49.2 Å². The summed E-state index contributed by atoms with van der Waals surface area (Å²) in [4.78, 5) is 25.8. The molecule has 0 aliphatic rings. The Bertz CT molecular complexity index is 1220. The van der Waals surface area contributed by atoms with Gasteiger partial charge in [-0.3, -0.25) is 9.59 Å². The van der Waals surface area contributed by atoms with Crippen molar-refractivity contribution in [2.45, 2.75) is 71.1 Å². The number of carboxylic acid groups (broad SMARTS) is 1. The first-order chi connectivity index (χ1) is 17.5. The molecule has 2 aromatic carbocycles. The molecule has 1 amide bonds. The zero-order chi connectivity index (χ0) is 27.3. The van der Waals surface area contributed by atoms with Gasteiger partial charge in [-0.15, -0.1) is 0 Å². The van der Waals surface area contributed by atoms with E-state index in [4.69, 9.17) is 0 Å². The summed E-state index contributed by atoms with van der Waals surface area (Å²) < 4.78 is 15.0. The lowest BCUT2D eigenvalue weighted by Gasteiger charge is -2.24. The highest BCUT2D eigenvalue weighted by Crippen LogP contribution is 2.35. The lowest BCUT2D eigenvalue weighted by molar-refractivity contribution is -0.142. The van der Waals surface area contributed by atoms with E-state index in [9.17, 15) is 29.3 Å². The van der Waals surface area contributed by atoms with Crippen molar-refractivity contribution in [3.05, 3.63) is 82.4 Å². The molecule has 3 unspecified atom stereocenters. The number of aliphatic hydroxyl groups excluding tert-OH is 2. The van der Waals surface area contributed by atoms with Gasteiger partial charge in [0.2, 0.25) is 0 Å². The van der Waals surface area contributed by atoms with E-state index in [0.29, 0.717) is 17.7 Å². The first kappa shape index (κ1) is 28.0. The summed E-state index contributed by atoms with van der Waals surface area (Å²) in [5.74, 6) is -4.14. The van der Waals surface area contributed by atoms with E-state index in [-0.39, 0.29) is 30.3 Å². The maximum atomic E-state index is 13.7. The van der Waals surface area contributed by atoms with Gasteiger partial charge < -0.3 is 20.6 Å². The molecule has 0 spiro atoms. The molecule has 0 aliphatic carbocycles. The van der Waals surface area contributed by atoms with Crippen molar-refractivity contribution in [3.8, 4) is 5.69 Å². The van der Waals surface area contributed by atoms with E-state index >= 15 is 0 Å². The smallest absolute Gasteiger partial charge is 0.315 e. The maximum absolute atomic E-state index is 13.7. The fourth-order valence-corrected chi connectivity index (χ4v) is 4.28. The number of hydrogen-bond donors (Lipinski definition) is 4. The summed E-state index contributed by atoms with van der Waals surface area (Å²) in [6, 6.07) is 12.9. The summed E-state index contributed by atoms with van der Waals surface area (Å²) >= 11 is 0. The average Bonchev–Trinajstić information content (AvgIpc) is 3.24. The van der Waals surface area contributed by atoms with Gasteiger partial charge in [-0.1, -0.05) is 50.6 Å². The van der Waals surface area contributed by atoms with Gasteiger partial charge in [0.25, 0.3) is 5.91 Å². The molecule has 1 heterocycles. The van der Waals surface area contributed by atoms with Crippen LogP contribution in [0.5, 0.6) is 0 Å². The van der Waals surface area contributed by atoms with Crippen molar-refractivity contribution in [1.82, 2.24) is 15.1 Å². The van der Waals surface area contributed by atoms with Crippen molar-refractivity contribution in [2.75, 3.05) is 0 Å². The van der Waals surface area contributed by atoms with Gasteiger partial charge in [0.15, 0.2) is 5.69 Å². The Morgan fingerprint density at radius 1 is 1.05 bits per heavy atom. The zero-order valence-electron chi connectivity index (χ0n) is 21.5. The highest BCUT2D eigenvalue weighted by molar-refractivity contribution is 5.95. The number of nitrogens with zero attached hydrogens (tertiary/aromatic N) is 2. The third-order valence-corrected chi connectivity index (χ3v) is 6.33. The highest BCUT2D eigenvalue weighted by Gasteiger charge is 2.38. The lowest BCUT2D eigenvalue weighted by Crippen LogP contribution is -2.32. The second kappa shape index (κ2) is 12.1. The number of carbonyl (C=O) groups excluding carboxylic acids is 1. The lowest BCUT2D eigenvalue weighted by atomic mass is 9.87. The molecule has 8 nitrogen and oxygen atoms in total. The summed E-state index contributed by atoms with van der Waals surface area (Å²) in [5.41, 5.74) is 2.82. The van der Waals surface area contributed by atoms with Crippen LogP contribution in [0.3, 0.4) is 0 Å². The van der Waals surface area contributed by atoms with Crippen molar-refractivity contribution in [2.24, 2.45) is 0 Å². The van der Waals surface area contributed by atoms with E-state index in [1.54, 1.807) is 20.8 Å². The first-order valence-corrected chi connectivity index (χ1v) is 12.3. The summed E-state index contributed by atoms with van der Waals surface area (Å²) in [5, 5.41) is 38.6. The number of aromatic nitrogens is 2. The number of hydrogen-bond acceptors (Lipinski definition) is 5. The number of aryl methyl sites for hydroxylation is 1. The van der Waals surface area contributed by atoms with E-state index in [0.717, 1.165) is 11.1 Å². The van der Waals surface area contributed by atoms with Crippen molar-refractivity contribution in [1.29, 1.82) is 0 Å². The molecule has 0 bridgehead atoms. The van der Waals surface area contributed by atoms with Crippen LogP contribution in [0, 0.1) is 12.7 Å². The standard InChI is InChI=1S/C28H34FN3O5/c1-5-21(33)14-22(34)24(28(36)37)26-23(16(2)3)25(31-32(26)20-12-10-19(29)11-13-20)27(35)30-15-18-8-6-17(4)7-9-18/h6-13,16,21-22,24,33-34H,5,14-15H2,1-4H3,(H,30,35)(H,36,37). The molecule has 0 saturated heterocycles. The fourth-order valence-electron chi connectivity index (χ4n) is 4.28. The normalized spacial score (nSPS) is 13.8. The number of nitrogens with one attached hydrogen (secondary N) is 1. The summed E-state index contributed by atoms with van der Waals surface area (Å²) in [6.07, 6.45) is -2.19. The van der Waals surface area contributed by atoms with Crippen LogP contribution in [0.15, 0.2) is 48.5 Å². The topological polar surface area (TPSA) is 125 Å². The number of carboxylic acids is 1. The molecule has 4 N–H and O–H groups in total. The molecular formula is C28H34FN3O5. The third kappa shape index (κ3) is 6.61. The Labute approximate surface area is 215 Å². The van der Waals surface area contributed by atoms with Crippen LogP contribution in [0.4, 0.5) is 4.39 Å². The van der Waals surface area contributed by atoms with Crippen LogP contribution < -0.4 is 5.32 Å². The minimum absolute atomic E-state index is 0.0240. The van der Waals surface area contributed by atoms with E-state index in [1.165, 1.54) is 28.9 Å². The predicted molar refractivity (Wildman–Crippen MR) is 137 cm³/mol. The summed E-state index contributed by atoms with van der Waals surface area (Å²) in [6.45, 7) is 7.54. The number of aliphatic hydroxyl groups is 2. The predicted octanol–water partition coefficient (Wildman–Crippen LogP) is 4.06. The first-order valence-electron chi connectivity index (χ1n) is 12.3. The number of benzene rings is 2. The summed E-state index contributed by atoms with van der Waals surface area (Å²) in [7, 11) is 0. The molecule has 3 atom stereocenters. The fraction of sp³-hybridized carbons (Fsp3) is 0.393. The molecule has 37 heavy (non-hydrogen) atoms. The number of aliphatic carboxylic acids is 1. The molecule has 198 valence electrons. The average molecular weight is 512 g/mol. The van der Waals surface area contributed by atoms with Gasteiger partial charge in [-0.2, -0.15) is 5.10 Å². The molecule has 0 radical (unpaired) electrons. The van der Waals surface area contributed by atoms with Gasteiger partial charge in [0, 0.05) is 18.5 Å². The minimum atomic E-state index is -1.49. The Morgan fingerprint density at radius 2 is 1.68 bits per heavy atom.